The Hall–Kier alpha value is -2.17. The van der Waals surface area contributed by atoms with Crippen molar-refractivity contribution in [2.75, 3.05) is 25.7 Å². The van der Waals surface area contributed by atoms with Crippen LogP contribution in [0.3, 0.4) is 0 Å². The topological polar surface area (TPSA) is 38.8 Å². The molecule has 2 aromatic rings. The summed E-state index contributed by atoms with van der Waals surface area (Å²) < 4.78 is 10.4. The number of hydrogen-bond acceptors (Lipinski definition) is 3. The van der Waals surface area contributed by atoms with Gasteiger partial charge in [-0.1, -0.05) is 45.0 Å². The summed E-state index contributed by atoms with van der Waals surface area (Å²) in [6.07, 6.45) is 0. The van der Waals surface area contributed by atoms with E-state index in [0.717, 1.165) is 22.4 Å². The van der Waals surface area contributed by atoms with Crippen LogP contribution in [0.15, 0.2) is 42.5 Å². The summed E-state index contributed by atoms with van der Waals surface area (Å²) in [6, 6.07) is 14.2. The van der Waals surface area contributed by atoms with Gasteiger partial charge < -0.3 is 14.4 Å². The molecule has 0 saturated carbocycles. The second kappa shape index (κ2) is 9.51. The number of nitrogens with zero attached hydrogens (tertiary/aromatic N) is 1. The van der Waals surface area contributed by atoms with Crippen LogP contribution in [-0.4, -0.2) is 26.7 Å². The van der Waals surface area contributed by atoms with Crippen molar-refractivity contribution in [1.82, 2.24) is 0 Å². The summed E-state index contributed by atoms with van der Waals surface area (Å²) >= 11 is 0. The van der Waals surface area contributed by atoms with E-state index in [1.807, 2.05) is 49.1 Å². The van der Waals surface area contributed by atoms with Gasteiger partial charge in [0, 0.05) is 31.4 Å². The molecule has 1 amide bonds. The lowest BCUT2D eigenvalue weighted by molar-refractivity contribution is 0.0996. The van der Waals surface area contributed by atoms with Crippen molar-refractivity contribution in [1.29, 1.82) is 0 Å². The highest BCUT2D eigenvalue weighted by Crippen LogP contribution is 2.30. The van der Waals surface area contributed by atoms with Gasteiger partial charge in [-0.05, 0) is 34.9 Å². The van der Waals surface area contributed by atoms with Crippen LogP contribution in [0.25, 0.3) is 0 Å². The number of amides is 1. The molecule has 26 heavy (non-hydrogen) atoms. The third-order valence-corrected chi connectivity index (χ3v) is 4.48. The summed E-state index contributed by atoms with van der Waals surface area (Å²) in [7, 11) is 3.37. The number of fused-ring (bicyclic) bond motifs is 1. The van der Waals surface area contributed by atoms with Gasteiger partial charge in [-0.3, -0.25) is 4.79 Å². The minimum absolute atomic E-state index is 0.0562. The van der Waals surface area contributed by atoms with Crippen molar-refractivity contribution < 1.29 is 14.3 Å². The van der Waals surface area contributed by atoms with E-state index in [1.165, 1.54) is 5.56 Å². The van der Waals surface area contributed by atoms with Gasteiger partial charge in [-0.15, -0.1) is 0 Å². The third kappa shape index (κ3) is 4.32. The molecule has 0 saturated heterocycles. The van der Waals surface area contributed by atoms with E-state index in [2.05, 4.69) is 19.1 Å². The number of hydrogen-bond donors (Lipinski definition) is 0. The Labute approximate surface area is 156 Å². The molecule has 0 aromatic heterocycles. The molecule has 0 aliphatic carbocycles. The molecule has 0 N–H and O–H groups in total. The third-order valence-electron chi connectivity index (χ3n) is 4.48. The molecule has 1 unspecified atom stereocenters. The Balaban J connectivity index is 0.00000117. The number of carbonyl (C=O) groups excluding carboxylic acids is 1. The smallest absolute Gasteiger partial charge is 0.258 e. The van der Waals surface area contributed by atoms with Gasteiger partial charge in [0.1, 0.15) is 0 Å². The first kappa shape index (κ1) is 20.1. The SMILES string of the molecule is CC.COCc1ccc2c(c1)C(=O)N(c1ccc(C(C)COC)cc1)C2. The van der Waals surface area contributed by atoms with E-state index in [4.69, 9.17) is 9.47 Å². The van der Waals surface area contributed by atoms with E-state index in [-0.39, 0.29) is 5.91 Å². The largest absolute Gasteiger partial charge is 0.384 e. The predicted octanol–water partition coefficient (Wildman–Crippen LogP) is 4.77. The Morgan fingerprint density at radius 3 is 2.35 bits per heavy atom. The summed E-state index contributed by atoms with van der Waals surface area (Å²) in [5.41, 5.74) is 5.01. The molecule has 1 aliphatic rings. The fraction of sp³-hybridized carbons (Fsp3) is 0.409. The van der Waals surface area contributed by atoms with E-state index in [1.54, 1.807) is 14.2 Å². The first-order valence-electron chi connectivity index (χ1n) is 9.15. The zero-order chi connectivity index (χ0) is 19.1. The lowest BCUT2D eigenvalue weighted by Gasteiger charge is -2.17. The highest BCUT2D eigenvalue weighted by molar-refractivity contribution is 6.10. The summed E-state index contributed by atoms with van der Waals surface area (Å²) in [4.78, 5) is 14.6. The lowest BCUT2D eigenvalue weighted by atomic mass is 10.0. The van der Waals surface area contributed by atoms with Crippen LogP contribution in [-0.2, 0) is 22.6 Å². The molecule has 0 fully saturated rings. The first-order valence-corrected chi connectivity index (χ1v) is 9.15. The number of anilines is 1. The van der Waals surface area contributed by atoms with Gasteiger partial charge in [-0.2, -0.15) is 0 Å². The molecule has 0 bridgehead atoms. The summed E-state index contributed by atoms with van der Waals surface area (Å²) in [6.45, 7) is 7.96. The van der Waals surface area contributed by atoms with Crippen molar-refractivity contribution in [3.05, 3.63) is 64.7 Å². The molecule has 0 spiro atoms. The first-order chi connectivity index (χ1) is 12.6. The number of methoxy groups -OCH3 is 2. The highest BCUT2D eigenvalue weighted by Gasteiger charge is 2.28. The number of rotatable bonds is 6. The minimum Gasteiger partial charge on any atom is -0.384 e. The quantitative estimate of drug-likeness (QED) is 0.749. The van der Waals surface area contributed by atoms with Crippen LogP contribution >= 0.6 is 0 Å². The maximum absolute atomic E-state index is 12.7. The Morgan fingerprint density at radius 2 is 1.73 bits per heavy atom. The van der Waals surface area contributed by atoms with Crippen molar-refractivity contribution in [2.45, 2.75) is 39.8 Å². The summed E-state index contributed by atoms with van der Waals surface area (Å²) in [5, 5.41) is 0. The molecule has 1 aliphatic heterocycles. The van der Waals surface area contributed by atoms with E-state index in [9.17, 15) is 4.79 Å². The number of benzene rings is 2. The van der Waals surface area contributed by atoms with E-state index < -0.39 is 0 Å². The second-order valence-corrected chi connectivity index (χ2v) is 6.26. The van der Waals surface area contributed by atoms with Gasteiger partial charge in [0.05, 0.1) is 19.8 Å². The Bertz CT molecular complexity index is 725. The minimum atomic E-state index is 0.0562. The van der Waals surface area contributed by atoms with Gasteiger partial charge >= 0.3 is 0 Å². The van der Waals surface area contributed by atoms with Gasteiger partial charge in [0.15, 0.2) is 0 Å². The molecular formula is C22H29NO3. The van der Waals surface area contributed by atoms with Crippen LogP contribution in [0.1, 0.15) is 53.7 Å². The lowest BCUT2D eigenvalue weighted by Crippen LogP contribution is -2.23. The standard InChI is InChI=1S/C20H23NO3.C2H6/c1-14(12-23-2)16-6-8-18(9-7-16)21-11-17-5-4-15(13-24-3)10-19(17)20(21)22;1-2/h4-10,14H,11-13H2,1-3H3;1-2H3. The van der Waals surface area contributed by atoms with E-state index in [0.29, 0.717) is 25.7 Å². The Morgan fingerprint density at radius 1 is 1.04 bits per heavy atom. The fourth-order valence-corrected chi connectivity index (χ4v) is 3.14. The number of ether oxygens (including phenoxy) is 2. The van der Waals surface area contributed by atoms with Gasteiger partial charge in [0.2, 0.25) is 0 Å². The normalized spacial score (nSPS) is 13.9. The van der Waals surface area contributed by atoms with Crippen LogP contribution in [0, 0.1) is 0 Å². The molecule has 1 atom stereocenters. The Kier molecular flexibility index (Phi) is 7.37. The van der Waals surface area contributed by atoms with Crippen LogP contribution in [0.4, 0.5) is 5.69 Å². The zero-order valence-electron chi connectivity index (χ0n) is 16.4. The van der Waals surface area contributed by atoms with Crippen molar-refractivity contribution in [3.8, 4) is 0 Å². The molecule has 1 heterocycles. The predicted molar refractivity (Wildman–Crippen MR) is 106 cm³/mol. The van der Waals surface area contributed by atoms with Crippen molar-refractivity contribution in [3.63, 3.8) is 0 Å². The van der Waals surface area contributed by atoms with Crippen LogP contribution < -0.4 is 4.90 Å². The van der Waals surface area contributed by atoms with Crippen molar-refractivity contribution in [2.24, 2.45) is 0 Å². The monoisotopic (exact) mass is 355 g/mol. The average Bonchev–Trinajstić information content (AvgIpc) is 3.00. The van der Waals surface area contributed by atoms with Gasteiger partial charge in [-0.25, -0.2) is 0 Å². The van der Waals surface area contributed by atoms with Gasteiger partial charge in [0.25, 0.3) is 5.91 Å². The molecule has 2 aromatic carbocycles. The van der Waals surface area contributed by atoms with Crippen LogP contribution in [0.2, 0.25) is 0 Å². The van der Waals surface area contributed by atoms with Crippen molar-refractivity contribution >= 4 is 11.6 Å². The zero-order valence-corrected chi connectivity index (χ0v) is 16.4. The average molecular weight is 355 g/mol. The van der Waals surface area contributed by atoms with Crippen LogP contribution in [0.5, 0.6) is 0 Å². The molecule has 4 heteroatoms. The maximum Gasteiger partial charge on any atom is 0.258 e. The maximum atomic E-state index is 12.7. The molecule has 4 nitrogen and oxygen atoms in total. The molecule has 0 radical (unpaired) electrons. The summed E-state index contributed by atoms with van der Waals surface area (Å²) in [5.74, 6) is 0.396. The van der Waals surface area contributed by atoms with E-state index >= 15 is 0 Å². The molecular weight excluding hydrogens is 326 g/mol. The highest BCUT2D eigenvalue weighted by atomic mass is 16.5. The fourth-order valence-electron chi connectivity index (χ4n) is 3.14. The molecule has 3 rings (SSSR count). The second-order valence-electron chi connectivity index (χ2n) is 6.26. The number of carbonyl (C=O) groups is 1. The molecule has 140 valence electrons.